The SMILES string of the molecule is CC(C)(C)NCc1ncn(Cc2ccc(F)cc2Cl)n1. The van der Waals surface area contributed by atoms with Crippen LogP contribution in [0, 0.1) is 5.82 Å². The standard InChI is InChI=1S/C14H18ClFN4/c1-14(2,3)18-7-13-17-9-20(19-13)8-10-4-5-11(16)6-12(10)15/h4-6,9,18H,7-8H2,1-3H3. The first kappa shape index (κ1) is 14.9. The topological polar surface area (TPSA) is 42.7 Å². The van der Waals surface area contributed by atoms with E-state index in [2.05, 4.69) is 36.2 Å². The van der Waals surface area contributed by atoms with Crippen molar-refractivity contribution in [1.29, 1.82) is 0 Å². The molecule has 0 aliphatic carbocycles. The minimum absolute atomic E-state index is 0.0196. The summed E-state index contributed by atoms with van der Waals surface area (Å²) in [6.45, 7) is 7.34. The molecule has 2 rings (SSSR count). The van der Waals surface area contributed by atoms with E-state index in [-0.39, 0.29) is 11.4 Å². The maximum absolute atomic E-state index is 13.0. The number of benzene rings is 1. The molecule has 0 unspecified atom stereocenters. The number of aromatic nitrogens is 3. The molecule has 0 aliphatic rings. The van der Waals surface area contributed by atoms with Crippen molar-refractivity contribution < 1.29 is 4.39 Å². The molecule has 0 saturated heterocycles. The van der Waals surface area contributed by atoms with Gasteiger partial charge in [-0.3, -0.25) is 0 Å². The molecule has 4 nitrogen and oxygen atoms in total. The number of hydrogen-bond acceptors (Lipinski definition) is 3. The van der Waals surface area contributed by atoms with Gasteiger partial charge in [-0.25, -0.2) is 14.1 Å². The molecule has 0 atom stereocenters. The zero-order chi connectivity index (χ0) is 14.8. The molecule has 0 aliphatic heterocycles. The first-order valence-corrected chi connectivity index (χ1v) is 6.78. The molecule has 0 spiro atoms. The molecule has 108 valence electrons. The maximum Gasteiger partial charge on any atom is 0.164 e. The third kappa shape index (κ3) is 4.28. The van der Waals surface area contributed by atoms with Crippen LogP contribution in [0.2, 0.25) is 5.02 Å². The molecule has 20 heavy (non-hydrogen) atoms. The number of hydrogen-bond donors (Lipinski definition) is 1. The van der Waals surface area contributed by atoms with Crippen LogP contribution < -0.4 is 5.32 Å². The Bertz CT molecular complexity index is 589. The summed E-state index contributed by atoms with van der Waals surface area (Å²) < 4.78 is 14.7. The van der Waals surface area contributed by atoms with E-state index in [9.17, 15) is 4.39 Å². The molecule has 1 aromatic heterocycles. The fraction of sp³-hybridized carbons (Fsp3) is 0.429. The average molecular weight is 297 g/mol. The average Bonchev–Trinajstić information content (AvgIpc) is 2.77. The molecule has 1 N–H and O–H groups in total. The second-order valence-electron chi connectivity index (χ2n) is 5.70. The fourth-order valence-corrected chi connectivity index (χ4v) is 1.89. The van der Waals surface area contributed by atoms with E-state index in [1.54, 1.807) is 17.1 Å². The molecule has 0 bridgehead atoms. The zero-order valence-corrected chi connectivity index (χ0v) is 12.6. The molecule has 6 heteroatoms. The lowest BCUT2D eigenvalue weighted by molar-refractivity contribution is 0.417. The van der Waals surface area contributed by atoms with Gasteiger partial charge in [-0.15, -0.1) is 0 Å². The number of nitrogens with zero attached hydrogens (tertiary/aromatic N) is 3. The summed E-state index contributed by atoms with van der Waals surface area (Å²) in [6.07, 6.45) is 1.65. The van der Waals surface area contributed by atoms with Crippen molar-refractivity contribution in [1.82, 2.24) is 20.1 Å². The van der Waals surface area contributed by atoms with Crippen molar-refractivity contribution in [2.24, 2.45) is 0 Å². The molecule has 0 saturated carbocycles. The van der Waals surface area contributed by atoms with Gasteiger partial charge in [-0.2, -0.15) is 5.10 Å². The van der Waals surface area contributed by atoms with Crippen LogP contribution >= 0.6 is 11.6 Å². The minimum Gasteiger partial charge on any atom is -0.305 e. The Morgan fingerprint density at radius 3 is 2.75 bits per heavy atom. The number of halogens is 2. The molecule has 0 radical (unpaired) electrons. The molecular weight excluding hydrogens is 279 g/mol. The van der Waals surface area contributed by atoms with Gasteiger partial charge in [0.25, 0.3) is 0 Å². The summed E-state index contributed by atoms with van der Waals surface area (Å²) in [7, 11) is 0. The highest BCUT2D eigenvalue weighted by atomic mass is 35.5. The van der Waals surface area contributed by atoms with Gasteiger partial charge in [0, 0.05) is 10.6 Å². The predicted octanol–water partition coefficient (Wildman–Crippen LogP) is 3.01. The Balaban J connectivity index is 2.02. The Labute approximate surface area is 123 Å². The summed E-state index contributed by atoms with van der Waals surface area (Å²) in [5.41, 5.74) is 0.833. The van der Waals surface area contributed by atoms with Gasteiger partial charge in [0.05, 0.1) is 13.1 Å². The van der Waals surface area contributed by atoms with Crippen molar-refractivity contribution in [2.75, 3.05) is 0 Å². The highest BCUT2D eigenvalue weighted by Gasteiger charge is 2.11. The van der Waals surface area contributed by atoms with Crippen molar-refractivity contribution in [2.45, 2.75) is 39.4 Å². The Morgan fingerprint density at radius 1 is 1.35 bits per heavy atom. The van der Waals surface area contributed by atoms with Crippen LogP contribution in [0.3, 0.4) is 0 Å². The Hall–Kier alpha value is -1.46. The normalized spacial score (nSPS) is 11.8. The van der Waals surface area contributed by atoms with E-state index in [0.717, 1.165) is 11.4 Å². The second-order valence-corrected chi connectivity index (χ2v) is 6.10. The zero-order valence-electron chi connectivity index (χ0n) is 11.8. The van der Waals surface area contributed by atoms with Gasteiger partial charge in [0.1, 0.15) is 12.1 Å². The van der Waals surface area contributed by atoms with Crippen LogP contribution in [0.5, 0.6) is 0 Å². The summed E-state index contributed by atoms with van der Waals surface area (Å²) in [5, 5.41) is 8.08. The molecule has 0 amide bonds. The Kier molecular flexibility index (Phi) is 4.40. The van der Waals surface area contributed by atoms with Crippen molar-refractivity contribution in [3.63, 3.8) is 0 Å². The first-order chi connectivity index (χ1) is 9.33. The highest BCUT2D eigenvalue weighted by Crippen LogP contribution is 2.18. The van der Waals surface area contributed by atoms with Crippen molar-refractivity contribution in [3.8, 4) is 0 Å². The summed E-state index contributed by atoms with van der Waals surface area (Å²) in [4.78, 5) is 4.23. The third-order valence-corrected chi connectivity index (χ3v) is 3.06. The summed E-state index contributed by atoms with van der Waals surface area (Å²) >= 11 is 5.99. The van der Waals surface area contributed by atoms with Crippen molar-refractivity contribution in [3.05, 3.63) is 46.8 Å². The van der Waals surface area contributed by atoms with Gasteiger partial charge in [-0.1, -0.05) is 17.7 Å². The van der Waals surface area contributed by atoms with Gasteiger partial charge >= 0.3 is 0 Å². The largest absolute Gasteiger partial charge is 0.305 e. The van der Waals surface area contributed by atoms with E-state index in [4.69, 9.17) is 11.6 Å². The number of rotatable bonds is 4. The van der Waals surface area contributed by atoms with Gasteiger partial charge in [0.15, 0.2) is 5.82 Å². The van der Waals surface area contributed by atoms with Crippen LogP contribution in [-0.2, 0) is 13.1 Å². The van der Waals surface area contributed by atoms with E-state index in [1.165, 1.54) is 12.1 Å². The second kappa shape index (κ2) is 5.89. The summed E-state index contributed by atoms with van der Waals surface area (Å²) in [6, 6.07) is 4.35. The lowest BCUT2D eigenvalue weighted by Crippen LogP contribution is -2.35. The molecule has 1 aromatic carbocycles. The first-order valence-electron chi connectivity index (χ1n) is 6.41. The van der Waals surface area contributed by atoms with E-state index in [0.29, 0.717) is 18.1 Å². The van der Waals surface area contributed by atoms with Gasteiger partial charge < -0.3 is 5.32 Å². The van der Waals surface area contributed by atoms with Crippen LogP contribution in [-0.4, -0.2) is 20.3 Å². The summed E-state index contributed by atoms with van der Waals surface area (Å²) in [5.74, 6) is 0.380. The fourth-order valence-electron chi connectivity index (χ4n) is 1.66. The third-order valence-electron chi connectivity index (χ3n) is 2.71. The van der Waals surface area contributed by atoms with Crippen molar-refractivity contribution >= 4 is 11.6 Å². The smallest absolute Gasteiger partial charge is 0.164 e. The molecule has 1 heterocycles. The predicted molar refractivity (Wildman–Crippen MR) is 77.1 cm³/mol. The Morgan fingerprint density at radius 2 is 2.10 bits per heavy atom. The highest BCUT2D eigenvalue weighted by molar-refractivity contribution is 6.31. The van der Waals surface area contributed by atoms with E-state index < -0.39 is 0 Å². The lowest BCUT2D eigenvalue weighted by atomic mass is 10.1. The van der Waals surface area contributed by atoms with Crippen LogP contribution in [0.4, 0.5) is 4.39 Å². The van der Waals surface area contributed by atoms with Gasteiger partial charge in [0.2, 0.25) is 0 Å². The van der Waals surface area contributed by atoms with E-state index >= 15 is 0 Å². The molecule has 0 fully saturated rings. The molecular formula is C14H18ClFN4. The van der Waals surface area contributed by atoms with Crippen LogP contribution in [0.1, 0.15) is 32.2 Å². The molecule has 2 aromatic rings. The minimum atomic E-state index is -0.340. The van der Waals surface area contributed by atoms with E-state index in [1.807, 2.05) is 0 Å². The monoisotopic (exact) mass is 296 g/mol. The lowest BCUT2D eigenvalue weighted by Gasteiger charge is -2.19. The number of nitrogens with one attached hydrogen (secondary N) is 1. The van der Waals surface area contributed by atoms with Gasteiger partial charge in [-0.05, 0) is 38.5 Å². The van der Waals surface area contributed by atoms with Crippen LogP contribution in [0.15, 0.2) is 24.5 Å². The van der Waals surface area contributed by atoms with Crippen LogP contribution in [0.25, 0.3) is 0 Å². The quantitative estimate of drug-likeness (QED) is 0.943. The maximum atomic E-state index is 13.0.